The van der Waals surface area contributed by atoms with Gasteiger partial charge in [-0.05, 0) is 49.7 Å². The maximum atomic E-state index is 5.40. The fraction of sp³-hybridized carbons (Fsp3) is 0.312. The number of aryl methyl sites for hydroxylation is 1. The zero-order valence-corrected chi connectivity index (χ0v) is 11.7. The van der Waals surface area contributed by atoms with E-state index in [1.165, 1.54) is 11.1 Å². The van der Waals surface area contributed by atoms with Crippen molar-refractivity contribution in [2.75, 3.05) is 14.2 Å². The summed E-state index contributed by atoms with van der Waals surface area (Å²) in [5.41, 5.74) is 3.48. The monoisotopic (exact) mass is 256 g/mol. The molecule has 0 fully saturated rings. The van der Waals surface area contributed by atoms with E-state index in [1.807, 2.05) is 37.5 Å². The number of para-hydroxylation sites is 1. The topological polar surface area (TPSA) is 34.1 Å². The summed E-state index contributed by atoms with van der Waals surface area (Å²) >= 11 is 0. The lowest BCUT2D eigenvalue weighted by Gasteiger charge is -2.17. The molecule has 100 valence electrons. The molecule has 0 amide bonds. The molecule has 1 aromatic carbocycles. The number of hydrogen-bond acceptors (Lipinski definition) is 3. The normalized spacial score (nSPS) is 12.2. The summed E-state index contributed by atoms with van der Waals surface area (Å²) < 4.78 is 5.40. The van der Waals surface area contributed by atoms with E-state index in [-0.39, 0.29) is 6.04 Å². The highest BCUT2D eigenvalue weighted by molar-refractivity contribution is 5.34. The summed E-state index contributed by atoms with van der Waals surface area (Å²) in [6.07, 6.45) is 2.72. The highest BCUT2D eigenvalue weighted by Gasteiger charge is 2.14. The minimum Gasteiger partial charge on any atom is -0.496 e. The first-order chi connectivity index (χ1) is 9.24. The van der Waals surface area contributed by atoms with Crippen LogP contribution in [0, 0.1) is 6.92 Å². The maximum absolute atomic E-state index is 5.40. The molecule has 0 saturated carbocycles. The number of pyridine rings is 1. The van der Waals surface area contributed by atoms with Crippen molar-refractivity contribution in [2.24, 2.45) is 0 Å². The van der Waals surface area contributed by atoms with Crippen LogP contribution in [-0.4, -0.2) is 19.1 Å². The van der Waals surface area contributed by atoms with Crippen LogP contribution < -0.4 is 10.1 Å². The van der Waals surface area contributed by atoms with Crippen molar-refractivity contribution in [3.05, 3.63) is 59.4 Å². The standard InChI is InChI=1S/C16H20N2O/c1-12-8-9-18-15(10-12)14(17-2)11-13-6-4-5-7-16(13)19-3/h4-10,14,17H,11H2,1-3H3. The lowest BCUT2D eigenvalue weighted by molar-refractivity contribution is 0.406. The highest BCUT2D eigenvalue weighted by Crippen LogP contribution is 2.24. The highest BCUT2D eigenvalue weighted by atomic mass is 16.5. The van der Waals surface area contributed by atoms with Gasteiger partial charge in [0.05, 0.1) is 18.8 Å². The third-order valence-electron chi connectivity index (χ3n) is 3.26. The van der Waals surface area contributed by atoms with Gasteiger partial charge in [-0.25, -0.2) is 0 Å². The Morgan fingerprint density at radius 3 is 2.74 bits per heavy atom. The summed E-state index contributed by atoms with van der Waals surface area (Å²) in [5, 5.41) is 3.33. The van der Waals surface area contributed by atoms with Crippen molar-refractivity contribution in [2.45, 2.75) is 19.4 Å². The minimum absolute atomic E-state index is 0.191. The number of nitrogens with zero attached hydrogens (tertiary/aromatic N) is 1. The number of ether oxygens (including phenoxy) is 1. The Balaban J connectivity index is 2.24. The van der Waals surface area contributed by atoms with Gasteiger partial charge in [0.25, 0.3) is 0 Å². The summed E-state index contributed by atoms with van der Waals surface area (Å²) in [5.74, 6) is 0.926. The van der Waals surface area contributed by atoms with Crippen LogP contribution in [0.5, 0.6) is 5.75 Å². The second-order valence-corrected chi connectivity index (χ2v) is 4.62. The first-order valence-electron chi connectivity index (χ1n) is 6.46. The first kappa shape index (κ1) is 13.6. The summed E-state index contributed by atoms with van der Waals surface area (Å²) in [4.78, 5) is 4.46. The first-order valence-corrected chi connectivity index (χ1v) is 6.46. The number of aromatic nitrogens is 1. The number of methoxy groups -OCH3 is 1. The molecule has 0 spiro atoms. The van der Waals surface area contributed by atoms with Gasteiger partial charge in [-0.15, -0.1) is 0 Å². The number of benzene rings is 1. The van der Waals surface area contributed by atoms with Crippen LogP contribution in [0.1, 0.15) is 22.9 Å². The Bertz CT molecular complexity index is 540. The molecule has 0 saturated heterocycles. The fourth-order valence-electron chi connectivity index (χ4n) is 2.20. The fourth-order valence-corrected chi connectivity index (χ4v) is 2.20. The molecular formula is C16H20N2O. The zero-order chi connectivity index (χ0) is 13.7. The zero-order valence-electron chi connectivity index (χ0n) is 11.7. The molecule has 1 heterocycles. The van der Waals surface area contributed by atoms with Gasteiger partial charge in [0.1, 0.15) is 5.75 Å². The van der Waals surface area contributed by atoms with E-state index in [4.69, 9.17) is 4.74 Å². The van der Waals surface area contributed by atoms with E-state index in [9.17, 15) is 0 Å². The van der Waals surface area contributed by atoms with Crippen molar-refractivity contribution >= 4 is 0 Å². The average Bonchev–Trinajstić information content (AvgIpc) is 2.45. The smallest absolute Gasteiger partial charge is 0.122 e. The molecule has 19 heavy (non-hydrogen) atoms. The van der Waals surface area contributed by atoms with Crippen molar-refractivity contribution in [1.82, 2.24) is 10.3 Å². The molecular weight excluding hydrogens is 236 g/mol. The summed E-state index contributed by atoms with van der Waals surface area (Å²) in [6, 6.07) is 12.4. The predicted octanol–water partition coefficient (Wildman–Crippen LogP) is 2.90. The van der Waals surface area contributed by atoms with Gasteiger partial charge in [-0.3, -0.25) is 4.98 Å². The van der Waals surface area contributed by atoms with Crippen LogP contribution in [0.2, 0.25) is 0 Å². The second kappa shape index (κ2) is 6.34. The van der Waals surface area contributed by atoms with Crippen LogP contribution in [0.25, 0.3) is 0 Å². The molecule has 3 nitrogen and oxygen atoms in total. The molecule has 0 radical (unpaired) electrons. The maximum Gasteiger partial charge on any atom is 0.122 e. The van der Waals surface area contributed by atoms with Gasteiger partial charge in [-0.1, -0.05) is 18.2 Å². The molecule has 1 aromatic heterocycles. The van der Waals surface area contributed by atoms with E-state index < -0.39 is 0 Å². The second-order valence-electron chi connectivity index (χ2n) is 4.62. The third-order valence-corrected chi connectivity index (χ3v) is 3.26. The lowest BCUT2D eigenvalue weighted by Crippen LogP contribution is -2.20. The molecule has 0 aliphatic heterocycles. The van der Waals surface area contributed by atoms with Gasteiger partial charge in [0.2, 0.25) is 0 Å². The Morgan fingerprint density at radius 2 is 2.05 bits per heavy atom. The average molecular weight is 256 g/mol. The number of rotatable bonds is 5. The number of hydrogen-bond donors (Lipinski definition) is 1. The minimum atomic E-state index is 0.191. The summed E-state index contributed by atoms with van der Waals surface area (Å²) in [7, 11) is 3.67. The van der Waals surface area contributed by atoms with E-state index in [0.29, 0.717) is 0 Å². The SMILES string of the molecule is CNC(Cc1ccccc1OC)c1cc(C)ccn1. The van der Waals surface area contributed by atoms with Crippen molar-refractivity contribution in [1.29, 1.82) is 0 Å². The number of likely N-dealkylation sites (N-methyl/N-ethyl adjacent to an activating group) is 1. The number of nitrogens with one attached hydrogen (secondary N) is 1. The molecule has 0 aliphatic rings. The molecule has 1 N–H and O–H groups in total. The largest absolute Gasteiger partial charge is 0.496 e. The van der Waals surface area contributed by atoms with Gasteiger partial charge >= 0.3 is 0 Å². The Morgan fingerprint density at radius 1 is 1.26 bits per heavy atom. The van der Waals surface area contributed by atoms with Crippen LogP contribution >= 0.6 is 0 Å². The predicted molar refractivity (Wildman–Crippen MR) is 77.5 cm³/mol. The van der Waals surface area contributed by atoms with Gasteiger partial charge in [-0.2, -0.15) is 0 Å². The van der Waals surface area contributed by atoms with Crippen molar-refractivity contribution in [3.8, 4) is 5.75 Å². The molecule has 1 unspecified atom stereocenters. The van der Waals surface area contributed by atoms with Gasteiger partial charge < -0.3 is 10.1 Å². The van der Waals surface area contributed by atoms with Gasteiger partial charge in [0, 0.05) is 6.20 Å². The Kier molecular flexibility index (Phi) is 4.53. The molecule has 1 atom stereocenters. The van der Waals surface area contributed by atoms with Crippen LogP contribution in [0.4, 0.5) is 0 Å². The summed E-state index contributed by atoms with van der Waals surface area (Å²) in [6.45, 7) is 2.08. The molecule has 2 rings (SSSR count). The van der Waals surface area contributed by atoms with Crippen molar-refractivity contribution < 1.29 is 4.74 Å². The molecule has 2 aromatic rings. The van der Waals surface area contributed by atoms with Crippen LogP contribution in [-0.2, 0) is 6.42 Å². The molecule has 0 bridgehead atoms. The van der Waals surface area contributed by atoms with Crippen molar-refractivity contribution in [3.63, 3.8) is 0 Å². The van der Waals surface area contributed by atoms with E-state index in [1.54, 1.807) is 7.11 Å². The quantitative estimate of drug-likeness (QED) is 0.893. The van der Waals surface area contributed by atoms with Crippen LogP contribution in [0.3, 0.4) is 0 Å². The lowest BCUT2D eigenvalue weighted by atomic mass is 10.0. The van der Waals surface area contributed by atoms with Crippen LogP contribution in [0.15, 0.2) is 42.6 Å². The van der Waals surface area contributed by atoms with E-state index in [0.717, 1.165) is 17.9 Å². The Labute approximate surface area is 114 Å². The Hall–Kier alpha value is -1.87. The van der Waals surface area contributed by atoms with E-state index in [2.05, 4.69) is 29.4 Å². The van der Waals surface area contributed by atoms with E-state index >= 15 is 0 Å². The molecule has 0 aliphatic carbocycles. The molecule has 3 heteroatoms. The third kappa shape index (κ3) is 3.32. The van der Waals surface area contributed by atoms with Gasteiger partial charge in [0.15, 0.2) is 0 Å².